The second kappa shape index (κ2) is 9.64. The summed E-state index contributed by atoms with van der Waals surface area (Å²) in [6.45, 7) is 4.07. The van der Waals surface area contributed by atoms with Gasteiger partial charge in [-0.15, -0.1) is 0 Å². The number of rotatable bonds is 8. The summed E-state index contributed by atoms with van der Waals surface area (Å²) in [5.41, 5.74) is 2.16. The Labute approximate surface area is 169 Å². The van der Waals surface area contributed by atoms with Gasteiger partial charge in [0.2, 0.25) is 0 Å². The fourth-order valence-electron chi connectivity index (χ4n) is 2.98. The lowest BCUT2D eigenvalue weighted by Gasteiger charge is -2.12. The number of hydrogen-bond acceptors (Lipinski definition) is 5. The van der Waals surface area contributed by atoms with E-state index in [1.54, 1.807) is 10.9 Å². The first kappa shape index (κ1) is 20.3. The Morgan fingerprint density at radius 3 is 2.55 bits per heavy atom. The summed E-state index contributed by atoms with van der Waals surface area (Å²) >= 11 is 0. The number of esters is 1. The third-order valence-electron chi connectivity index (χ3n) is 4.35. The maximum absolute atomic E-state index is 12.5. The molecule has 0 saturated carbocycles. The summed E-state index contributed by atoms with van der Waals surface area (Å²) in [6.07, 6.45) is 3.84. The van der Waals surface area contributed by atoms with Gasteiger partial charge in [0.05, 0.1) is 11.9 Å². The van der Waals surface area contributed by atoms with E-state index < -0.39 is 5.97 Å². The Morgan fingerprint density at radius 1 is 1.10 bits per heavy atom. The van der Waals surface area contributed by atoms with Gasteiger partial charge < -0.3 is 10.1 Å². The lowest BCUT2D eigenvalue weighted by Crippen LogP contribution is -2.30. The highest BCUT2D eigenvalue weighted by Crippen LogP contribution is 2.22. The van der Waals surface area contributed by atoms with Gasteiger partial charge in [-0.1, -0.05) is 50.2 Å². The third kappa shape index (κ3) is 5.28. The number of nitrogens with zero attached hydrogens (tertiary/aromatic N) is 3. The Balaban J connectivity index is 1.58. The monoisotopic (exact) mass is 392 g/mol. The van der Waals surface area contributed by atoms with Gasteiger partial charge in [0, 0.05) is 12.7 Å². The molecule has 0 fully saturated rings. The van der Waals surface area contributed by atoms with E-state index in [9.17, 15) is 9.59 Å². The van der Waals surface area contributed by atoms with Crippen LogP contribution in [0.2, 0.25) is 0 Å². The average molecular weight is 392 g/mol. The van der Waals surface area contributed by atoms with Crippen LogP contribution < -0.4 is 5.32 Å². The van der Waals surface area contributed by atoms with Crippen LogP contribution in [-0.2, 0) is 16.0 Å². The van der Waals surface area contributed by atoms with Crippen molar-refractivity contribution in [2.45, 2.75) is 26.2 Å². The van der Waals surface area contributed by atoms with Gasteiger partial charge in [-0.25, -0.2) is 14.5 Å². The predicted octanol–water partition coefficient (Wildman–Crippen LogP) is 2.91. The van der Waals surface area contributed by atoms with Crippen LogP contribution in [0, 0.1) is 0 Å². The molecule has 150 valence electrons. The van der Waals surface area contributed by atoms with Crippen LogP contribution in [0.3, 0.4) is 0 Å². The standard InChI is InChI=1S/C22H24N4O3/c1-16(2)21-18(14-25-26(21)19-10-6-7-12-23-19)22(28)29-15-20(27)24-13-11-17-8-4-3-5-9-17/h3-10,12,14,16H,11,13,15H2,1-2H3,(H,24,27). The third-order valence-corrected chi connectivity index (χ3v) is 4.35. The van der Waals surface area contributed by atoms with Crippen LogP contribution in [0.4, 0.5) is 0 Å². The number of aromatic nitrogens is 3. The number of ether oxygens (including phenoxy) is 1. The molecule has 0 aliphatic rings. The summed E-state index contributed by atoms with van der Waals surface area (Å²) in [7, 11) is 0. The van der Waals surface area contributed by atoms with Crippen molar-refractivity contribution >= 4 is 11.9 Å². The van der Waals surface area contributed by atoms with Crippen molar-refractivity contribution in [2.75, 3.05) is 13.2 Å². The maximum Gasteiger partial charge on any atom is 0.342 e. The Hall–Kier alpha value is -3.48. The van der Waals surface area contributed by atoms with E-state index in [2.05, 4.69) is 15.4 Å². The highest BCUT2D eigenvalue weighted by Gasteiger charge is 2.23. The topological polar surface area (TPSA) is 86.1 Å². The molecule has 1 amide bonds. The predicted molar refractivity (Wildman–Crippen MR) is 109 cm³/mol. The number of carbonyl (C=O) groups is 2. The summed E-state index contributed by atoms with van der Waals surface area (Å²) in [5.74, 6) is -0.276. The summed E-state index contributed by atoms with van der Waals surface area (Å²) < 4.78 is 6.83. The first-order valence-corrected chi connectivity index (χ1v) is 9.53. The van der Waals surface area contributed by atoms with E-state index in [4.69, 9.17) is 4.74 Å². The molecule has 29 heavy (non-hydrogen) atoms. The molecule has 0 atom stereocenters. The van der Waals surface area contributed by atoms with Crippen LogP contribution >= 0.6 is 0 Å². The fourth-order valence-corrected chi connectivity index (χ4v) is 2.98. The Bertz CT molecular complexity index is 953. The number of hydrogen-bond donors (Lipinski definition) is 1. The number of carbonyl (C=O) groups excluding carboxylic acids is 2. The first-order chi connectivity index (χ1) is 14.1. The van der Waals surface area contributed by atoms with E-state index in [-0.39, 0.29) is 18.4 Å². The quantitative estimate of drug-likeness (QED) is 0.596. The van der Waals surface area contributed by atoms with Crippen molar-refractivity contribution in [2.24, 2.45) is 0 Å². The molecular weight excluding hydrogens is 368 g/mol. The van der Waals surface area contributed by atoms with Crippen molar-refractivity contribution in [3.8, 4) is 5.82 Å². The van der Waals surface area contributed by atoms with Gasteiger partial charge in [-0.2, -0.15) is 5.10 Å². The molecule has 2 aromatic heterocycles. The maximum atomic E-state index is 12.5. The minimum Gasteiger partial charge on any atom is -0.452 e. The number of benzene rings is 1. The average Bonchev–Trinajstić information content (AvgIpc) is 3.19. The highest BCUT2D eigenvalue weighted by molar-refractivity contribution is 5.92. The van der Waals surface area contributed by atoms with Crippen LogP contribution in [0.5, 0.6) is 0 Å². The minimum absolute atomic E-state index is 0.0155. The van der Waals surface area contributed by atoms with E-state index in [0.717, 1.165) is 12.0 Å². The molecule has 0 bridgehead atoms. The number of pyridine rings is 1. The van der Waals surface area contributed by atoms with Crippen LogP contribution in [0.1, 0.15) is 41.4 Å². The molecule has 0 saturated heterocycles. The fraction of sp³-hybridized carbons (Fsp3) is 0.273. The van der Waals surface area contributed by atoms with Crippen molar-refractivity contribution in [1.29, 1.82) is 0 Å². The van der Waals surface area contributed by atoms with Crippen LogP contribution in [0.15, 0.2) is 60.9 Å². The molecule has 0 radical (unpaired) electrons. The largest absolute Gasteiger partial charge is 0.452 e. The van der Waals surface area contributed by atoms with Crippen LogP contribution in [-0.4, -0.2) is 39.8 Å². The second-order valence-electron chi connectivity index (χ2n) is 6.86. The molecule has 2 heterocycles. The first-order valence-electron chi connectivity index (χ1n) is 9.53. The zero-order valence-electron chi connectivity index (χ0n) is 16.5. The molecule has 3 rings (SSSR count). The van der Waals surface area contributed by atoms with Crippen molar-refractivity contribution < 1.29 is 14.3 Å². The number of amides is 1. The lowest BCUT2D eigenvalue weighted by molar-refractivity contribution is -0.124. The molecule has 7 heteroatoms. The van der Waals surface area contributed by atoms with E-state index in [1.807, 2.05) is 62.4 Å². The minimum atomic E-state index is -0.575. The van der Waals surface area contributed by atoms with Gasteiger partial charge >= 0.3 is 5.97 Å². The van der Waals surface area contributed by atoms with E-state index in [0.29, 0.717) is 23.6 Å². The number of nitrogens with one attached hydrogen (secondary N) is 1. The Kier molecular flexibility index (Phi) is 6.73. The molecule has 1 N–H and O–H groups in total. The van der Waals surface area contributed by atoms with Gasteiger partial charge in [0.1, 0.15) is 5.56 Å². The van der Waals surface area contributed by atoms with Gasteiger partial charge in [-0.3, -0.25) is 4.79 Å². The van der Waals surface area contributed by atoms with Crippen LogP contribution in [0.25, 0.3) is 5.82 Å². The molecule has 0 aliphatic heterocycles. The molecule has 0 unspecified atom stereocenters. The normalized spacial score (nSPS) is 10.7. The van der Waals surface area contributed by atoms with E-state index in [1.165, 1.54) is 6.20 Å². The molecule has 0 aliphatic carbocycles. The smallest absolute Gasteiger partial charge is 0.342 e. The van der Waals surface area contributed by atoms with Gasteiger partial charge in [0.25, 0.3) is 5.91 Å². The van der Waals surface area contributed by atoms with Gasteiger partial charge in [-0.05, 0) is 30.0 Å². The zero-order chi connectivity index (χ0) is 20.6. The summed E-state index contributed by atoms with van der Waals surface area (Å²) in [6, 6.07) is 15.3. The van der Waals surface area contributed by atoms with Crippen molar-refractivity contribution in [3.63, 3.8) is 0 Å². The summed E-state index contributed by atoms with van der Waals surface area (Å²) in [5, 5.41) is 7.05. The molecule has 3 aromatic rings. The SMILES string of the molecule is CC(C)c1c(C(=O)OCC(=O)NCCc2ccccc2)cnn1-c1ccccn1. The zero-order valence-corrected chi connectivity index (χ0v) is 16.5. The van der Waals surface area contributed by atoms with Crippen molar-refractivity contribution in [1.82, 2.24) is 20.1 Å². The van der Waals surface area contributed by atoms with E-state index >= 15 is 0 Å². The molecule has 7 nitrogen and oxygen atoms in total. The molecule has 1 aromatic carbocycles. The molecule has 0 spiro atoms. The van der Waals surface area contributed by atoms with Crippen molar-refractivity contribution in [3.05, 3.63) is 77.7 Å². The molecular formula is C22H24N4O3. The second-order valence-corrected chi connectivity index (χ2v) is 6.86. The Morgan fingerprint density at radius 2 is 1.86 bits per heavy atom. The lowest BCUT2D eigenvalue weighted by atomic mass is 10.1. The van der Waals surface area contributed by atoms with Gasteiger partial charge in [0.15, 0.2) is 12.4 Å². The highest BCUT2D eigenvalue weighted by atomic mass is 16.5. The summed E-state index contributed by atoms with van der Waals surface area (Å²) in [4.78, 5) is 28.8.